The summed E-state index contributed by atoms with van der Waals surface area (Å²) >= 11 is 1.65. The molecule has 2 N–H and O–H groups in total. The van der Waals surface area contributed by atoms with Crippen LogP contribution in [0, 0.1) is 5.92 Å². The van der Waals surface area contributed by atoms with Gasteiger partial charge < -0.3 is 15.2 Å². The van der Waals surface area contributed by atoms with E-state index < -0.39 is 0 Å². The summed E-state index contributed by atoms with van der Waals surface area (Å²) in [6.45, 7) is 6.30. The molecule has 0 aliphatic carbocycles. The largest absolute Gasteiger partial charge is 0.350 e. The number of hydrogen-bond acceptors (Lipinski definition) is 3. The molecule has 0 bridgehead atoms. The Labute approximate surface area is 123 Å². The predicted molar refractivity (Wildman–Crippen MR) is 83.3 cm³/mol. The van der Waals surface area contributed by atoms with Crippen molar-refractivity contribution in [1.82, 2.24) is 15.2 Å². The number of carbonyl (C=O) groups is 1. The fourth-order valence-electron chi connectivity index (χ4n) is 2.88. The monoisotopic (exact) mass is 291 g/mol. The number of fused-ring (bicyclic) bond motifs is 1. The number of nitrogens with one attached hydrogen (secondary N) is 2. The van der Waals surface area contributed by atoms with Crippen molar-refractivity contribution in [2.75, 3.05) is 26.2 Å². The third kappa shape index (κ3) is 3.04. The fraction of sp³-hybridized carbons (Fsp3) is 0.533. The highest BCUT2D eigenvalue weighted by molar-refractivity contribution is 7.17. The normalized spacial score (nSPS) is 20.4. The average molecular weight is 291 g/mol. The molecule has 20 heavy (non-hydrogen) atoms. The lowest BCUT2D eigenvalue weighted by Gasteiger charge is -2.30. The SMILES string of the molecule is CC1CCCN(CCNC(=O)c2cc3sccc3[nH]2)C1. The molecule has 2 aromatic heterocycles. The molecule has 1 atom stereocenters. The van der Waals surface area contributed by atoms with Crippen LogP contribution in [-0.4, -0.2) is 42.0 Å². The van der Waals surface area contributed by atoms with E-state index in [2.05, 4.69) is 22.1 Å². The maximum absolute atomic E-state index is 12.1. The van der Waals surface area contributed by atoms with Crippen molar-refractivity contribution in [3.8, 4) is 0 Å². The van der Waals surface area contributed by atoms with Gasteiger partial charge in [-0.2, -0.15) is 0 Å². The summed E-state index contributed by atoms with van der Waals surface area (Å²) < 4.78 is 1.14. The van der Waals surface area contributed by atoms with E-state index in [1.54, 1.807) is 11.3 Å². The smallest absolute Gasteiger partial charge is 0.267 e. The van der Waals surface area contributed by atoms with Gasteiger partial charge in [0.05, 0.1) is 10.2 Å². The van der Waals surface area contributed by atoms with Gasteiger partial charge in [-0.3, -0.25) is 4.79 Å². The van der Waals surface area contributed by atoms with Gasteiger partial charge in [-0.25, -0.2) is 0 Å². The van der Waals surface area contributed by atoms with E-state index in [0.29, 0.717) is 5.69 Å². The molecule has 1 amide bonds. The minimum atomic E-state index is -0.00143. The third-order valence-corrected chi connectivity index (χ3v) is 4.80. The molecule has 4 nitrogen and oxygen atoms in total. The zero-order valence-corrected chi connectivity index (χ0v) is 12.6. The number of aromatic amines is 1. The van der Waals surface area contributed by atoms with Gasteiger partial charge in [0, 0.05) is 19.6 Å². The zero-order valence-electron chi connectivity index (χ0n) is 11.8. The maximum atomic E-state index is 12.1. The van der Waals surface area contributed by atoms with E-state index in [-0.39, 0.29) is 5.91 Å². The van der Waals surface area contributed by atoms with Crippen molar-refractivity contribution >= 4 is 27.5 Å². The Kier molecular flexibility index (Phi) is 4.08. The average Bonchev–Trinajstić information content (AvgIpc) is 2.99. The van der Waals surface area contributed by atoms with E-state index in [1.165, 1.54) is 19.4 Å². The van der Waals surface area contributed by atoms with Crippen LogP contribution >= 0.6 is 11.3 Å². The summed E-state index contributed by atoms with van der Waals surface area (Å²) in [6, 6.07) is 3.93. The second-order valence-electron chi connectivity index (χ2n) is 5.69. The molecule has 1 aliphatic rings. The Morgan fingerprint density at radius 1 is 1.60 bits per heavy atom. The lowest BCUT2D eigenvalue weighted by molar-refractivity contribution is 0.0939. The third-order valence-electron chi connectivity index (χ3n) is 3.94. The van der Waals surface area contributed by atoms with Crippen LogP contribution in [0.15, 0.2) is 17.5 Å². The summed E-state index contributed by atoms with van der Waals surface area (Å²) in [5.41, 5.74) is 1.71. The predicted octanol–water partition coefficient (Wildman–Crippen LogP) is 2.69. The first-order chi connectivity index (χ1) is 9.72. The Morgan fingerprint density at radius 2 is 2.50 bits per heavy atom. The molecule has 1 aliphatic heterocycles. The van der Waals surface area contributed by atoms with Gasteiger partial charge in [0.1, 0.15) is 5.69 Å². The van der Waals surface area contributed by atoms with Crippen LogP contribution < -0.4 is 5.32 Å². The summed E-state index contributed by atoms with van der Waals surface area (Å²) in [5.74, 6) is 0.785. The molecule has 5 heteroatoms. The highest BCUT2D eigenvalue weighted by atomic mass is 32.1. The Hall–Kier alpha value is -1.33. The zero-order chi connectivity index (χ0) is 13.9. The number of aromatic nitrogens is 1. The van der Waals surface area contributed by atoms with Gasteiger partial charge in [0.25, 0.3) is 5.91 Å². The molecular weight excluding hydrogens is 270 g/mol. The Balaban J connectivity index is 1.48. The molecule has 2 aromatic rings. The van der Waals surface area contributed by atoms with Crippen LogP contribution in [0.5, 0.6) is 0 Å². The van der Waals surface area contributed by atoms with Gasteiger partial charge in [-0.1, -0.05) is 6.92 Å². The number of piperidine rings is 1. The van der Waals surface area contributed by atoms with Crippen LogP contribution in [-0.2, 0) is 0 Å². The van der Waals surface area contributed by atoms with Gasteiger partial charge >= 0.3 is 0 Å². The topological polar surface area (TPSA) is 48.1 Å². The second kappa shape index (κ2) is 5.97. The number of H-pyrrole nitrogens is 1. The fourth-order valence-corrected chi connectivity index (χ4v) is 3.67. The molecule has 0 spiro atoms. The minimum absolute atomic E-state index is 0.00143. The molecule has 0 radical (unpaired) electrons. The van der Waals surface area contributed by atoms with Crippen molar-refractivity contribution in [2.45, 2.75) is 19.8 Å². The standard InChI is InChI=1S/C15H21N3OS/c1-11-3-2-6-18(10-11)7-5-16-15(19)13-9-14-12(17-13)4-8-20-14/h4,8-9,11,17H,2-3,5-7,10H2,1H3,(H,16,19). The van der Waals surface area contributed by atoms with Gasteiger partial charge in [0.15, 0.2) is 0 Å². The van der Waals surface area contributed by atoms with Gasteiger partial charge in [-0.15, -0.1) is 11.3 Å². The van der Waals surface area contributed by atoms with Crippen LogP contribution in [0.3, 0.4) is 0 Å². The van der Waals surface area contributed by atoms with Gasteiger partial charge in [0.2, 0.25) is 0 Å². The number of hydrogen-bond donors (Lipinski definition) is 2. The molecule has 108 valence electrons. The summed E-state index contributed by atoms with van der Waals surface area (Å²) in [7, 11) is 0. The number of nitrogens with zero attached hydrogens (tertiary/aromatic N) is 1. The Morgan fingerprint density at radius 3 is 3.30 bits per heavy atom. The number of likely N-dealkylation sites (tertiary alicyclic amines) is 1. The lowest BCUT2D eigenvalue weighted by Crippen LogP contribution is -2.40. The molecule has 0 saturated carbocycles. The van der Waals surface area contributed by atoms with Crippen LogP contribution in [0.1, 0.15) is 30.3 Å². The van der Waals surface area contributed by atoms with E-state index >= 15 is 0 Å². The number of carbonyl (C=O) groups excluding carboxylic acids is 1. The van der Waals surface area contributed by atoms with E-state index in [0.717, 1.165) is 35.8 Å². The molecule has 1 fully saturated rings. The second-order valence-corrected chi connectivity index (χ2v) is 6.63. The van der Waals surface area contributed by atoms with Crippen molar-refractivity contribution in [3.63, 3.8) is 0 Å². The number of rotatable bonds is 4. The molecule has 3 rings (SSSR count). The summed E-state index contributed by atoms with van der Waals surface area (Å²) in [5, 5.41) is 5.03. The molecule has 1 unspecified atom stereocenters. The van der Waals surface area contributed by atoms with Crippen molar-refractivity contribution in [2.24, 2.45) is 5.92 Å². The van der Waals surface area contributed by atoms with Crippen molar-refractivity contribution < 1.29 is 4.79 Å². The number of amides is 1. The highest BCUT2D eigenvalue weighted by Crippen LogP contribution is 2.21. The van der Waals surface area contributed by atoms with Crippen LogP contribution in [0.4, 0.5) is 0 Å². The number of thiophene rings is 1. The minimum Gasteiger partial charge on any atom is -0.350 e. The maximum Gasteiger partial charge on any atom is 0.267 e. The first-order valence-electron chi connectivity index (χ1n) is 7.29. The van der Waals surface area contributed by atoms with Crippen molar-refractivity contribution in [1.29, 1.82) is 0 Å². The van der Waals surface area contributed by atoms with Crippen LogP contribution in [0.25, 0.3) is 10.2 Å². The lowest BCUT2D eigenvalue weighted by atomic mass is 10.0. The summed E-state index contributed by atoms with van der Waals surface area (Å²) in [4.78, 5) is 17.7. The summed E-state index contributed by atoms with van der Waals surface area (Å²) in [6.07, 6.45) is 2.62. The molecule has 0 aromatic carbocycles. The van der Waals surface area contributed by atoms with E-state index in [4.69, 9.17) is 0 Å². The Bertz CT molecular complexity index is 560. The van der Waals surface area contributed by atoms with E-state index in [9.17, 15) is 4.79 Å². The highest BCUT2D eigenvalue weighted by Gasteiger charge is 2.16. The van der Waals surface area contributed by atoms with E-state index in [1.807, 2.05) is 17.5 Å². The van der Waals surface area contributed by atoms with Gasteiger partial charge in [-0.05, 0) is 42.8 Å². The first-order valence-corrected chi connectivity index (χ1v) is 8.17. The first kappa shape index (κ1) is 13.6. The molecular formula is C15H21N3OS. The molecule has 1 saturated heterocycles. The van der Waals surface area contributed by atoms with Crippen LogP contribution in [0.2, 0.25) is 0 Å². The molecule has 3 heterocycles. The van der Waals surface area contributed by atoms with Crippen molar-refractivity contribution in [3.05, 3.63) is 23.2 Å². The quantitative estimate of drug-likeness (QED) is 0.910.